The van der Waals surface area contributed by atoms with Gasteiger partial charge in [0.25, 0.3) is 0 Å². The summed E-state index contributed by atoms with van der Waals surface area (Å²) in [5.74, 6) is 0. The molecule has 186 valence electrons. The number of hydrogen-bond acceptors (Lipinski definition) is 0. The largest absolute Gasteiger partial charge is 0.0636 e. The van der Waals surface area contributed by atoms with Gasteiger partial charge in [-0.15, -0.1) is 0 Å². The summed E-state index contributed by atoms with van der Waals surface area (Å²) in [5.41, 5.74) is -4.11. The molecule has 0 nitrogen and oxygen atoms in total. The second-order valence-electron chi connectivity index (χ2n) is 8.58. The van der Waals surface area contributed by atoms with E-state index in [1.54, 1.807) is 0 Å². The fraction of sp³-hybridized carbons (Fsp3) is 0. The van der Waals surface area contributed by atoms with E-state index in [9.17, 15) is 9.60 Å². The summed E-state index contributed by atoms with van der Waals surface area (Å²) in [7, 11) is 0. The van der Waals surface area contributed by atoms with Crippen LogP contribution in [0.1, 0.15) is 34.3 Å². The van der Waals surface area contributed by atoms with Gasteiger partial charge in [-0.1, -0.05) is 145 Å². The van der Waals surface area contributed by atoms with Crippen molar-refractivity contribution in [2.45, 2.75) is 0 Å². The smallest absolute Gasteiger partial charge is 0.0616 e. The van der Waals surface area contributed by atoms with Crippen LogP contribution in [0.3, 0.4) is 0 Å². The standard InChI is InChI=1S/C40H26/c1-2-13-29-25-32(24-23-27(29)11-1)40-37-20-7-5-18-35(37)39(36-19-6-8-21-38(36)40)31-16-9-15-30(26-31)34-22-10-14-28-12-3-4-17-33(28)34/h1-26H/i1D,2D,3D,4D,5D,6D,7D,8D,9D,10D,11D,12D,13D,14D,15D,16D,17D,18D,20D,21D,22D,23D,24D,25D,26D. The third-order valence-electron chi connectivity index (χ3n) is 6.39. The van der Waals surface area contributed by atoms with Gasteiger partial charge in [-0.05, 0) is 88.6 Å². The molecular formula is C40H26. The van der Waals surface area contributed by atoms with Crippen molar-refractivity contribution in [2.24, 2.45) is 0 Å². The van der Waals surface area contributed by atoms with Gasteiger partial charge in [0.2, 0.25) is 0 Å². The first kappa shape index (κ1) is 8.91. The summed E-state index contributed by atoms with van der Waals surface area (Å²) in [6, 6.07) is -20.8. The van der Waals surface area contributed by atoms with E-state index in [4.69, 9.17) is 24.7 Å². The number of fused-ring (bicyclic) bond motifs is 4. The summed E-state index contributed by atoms with van der Waals surface area (Å²) in [5, 5.41) is -4.59. The van der Waals surface area contributed by atoms with Gasteiger partial charge in [-0.2, -0.15) is 0 Å². The third kappa shape index (κ3) is 3.61. The summed E-state index contributed by atoms with van der Waals surface area (Å²) < 4.78 is 222. The van der Waals surface area contributed by atoms with E-state index in [0.29, 0.717) is 0 Å². The molecule has 8 aromatic rings. The van der Waals surface area contributed by atoms with Gasteiger partial charge in [0.05, 0.1) is 34.3 Å². The first-order valence-electron chi connectivity index (χ1n) is 24.3. The topological polar surface area (TPSA) is 0 Å². The molecule has 0 amide bonds. The molecule has 0 aliphatic carbocycles. The summed E-state index contributed by atoms with van der Waals surface area (Å²) in [6.45, 7) is 0. The maximum atomic E-state index is 9.74. The minimum atomic E-state index is -1.01. The lowest BCUT2D eigenvalue weighted by molar-refractivity contribution is 1.63. The third-order valence-corrected chi connectivity index (χ3v) is 6.39. The van der Waals surface area contributed by atoms with Gasteiger partial charge in [-0.3, -0.25) is 0 Å². The molecule has 0 aliphatic rings. The maximum absolute atomic E-state index is 9.74. The van der Waals surface area contributed by atoms with Gasteiger partial charge in [-0.25, -0.2) is 0 Å². The molecule has 0 saturated heterocycles. The normalized spacial score (nSPS) is 20.2. The Bertz CT molecular complexity index is 3590. The minimum absolute atomic E-state index is 0.463. The lowest BCUT2D eigenvalue weighted by Gasteiger charge is -2.18. The Morgan fingerprint density at radius 2 is 0.875 bits per heavy atom. The molecule has 8 aromatic carbocycles. The second kappa shape index (κ2) is 9.22. The van der Waals surface area contributed by atoms with Crippen LogP contribution in [0.5, 0.6) is 0 Å². The molecule has 0 heterocycles. The maximum Gasteiger partial charge on any atom is 0.0636 e. The van der Waals surface area contributed by atoms with Crippen LogP contribution in [0.4, 0.5) is 0 Å². The van der Waals surface area contributed by atoms with E-state index in [1.165, 1.54) is 0 Å². The molecule has 0 unspecified atom stereocenters. The van der Waals surface area contributed by atoms with Crippen molar-refractivity contribution in [1.82, 2.24) is 0 Å². The van der Waals surface area contributed by atoms with Crippen molar-refractivity contribution in [3.05, 3.63) is 157 Å². The van der Waals surface area contributed by atoms with Crippen molar-refractivity contribution in [1.29, 1.82) is 0 Å². The van der Waals surface area contributed by atoms with Crippen LogP contribution >= 0.6 is 0 Å². The number of hydrogen-bond donors (Lipinski definition) is 0. The van der Waals surface area contributed by atoms with Crippen LogP contribution in [0.25, 0.3) is 76.5 Å². The monoisotopic (exact) mass is 531 g/mol. The van der Waals surface area contributed by atoms with E-state index in [-0.39, 0.29) is 0 Å². The molecule has 0 radical (unpaired) electrons. The highest BCUT2D eigenvalue weighted by Gasteiger charge is 2.17. The predicted octanol–water partition coefficient (Wildman–Crippen LogP) is 11.3. The highest BCUT2D eigenvalue weighted by atomic mass is 14.2. The molecule has 0 N–H and O–H groups in total. The van der Waals surface area contributed by atoms with Crippen molar-refractivity contribution in [3.63, 3.8) is 0 Å². The number of benzene rings is 8. The van der Waals surface area contributed by atoms with E-state index in [1.807, 2.05) is 0 Å². The first-order chi connectivity index (χ1) is 30.3. The number of rotatable bonds is 3. The molecule has 0 atom stereocenters. The Labute approximate surface area is 268 Å². The van der Waals surface area contributed by atoms with Crippen LogP contribution in [0.15, 0.2) is 157 Å². The fourth-order valence-corrected chi connectivity index (χ4v) is 4.70. The molecular weight excluding hydrogens is 480 g/mol. The minimum Gasteiger partial charge on any atom is -0.0616 e. The molecule has 0 aliphatic heterocycles. The Balaban J connectivity index is 1.72. The van der Waals surface area contributed by atoms with Crippen molar-refractivity contribution in [3.8, 4) is 33.4 Å². The van der Waals surface area contributed by atoms with Gasteiger partial charge in [0.15, 0.2) is 0 Å². The average Bonchev–Trinajstić information content (AvgIpc) is 3.26. The van der Waals surface area contributed by atoms with Crippen LogP contribution in [-0.2, 0) is 0 Å². The van der Waals surface area contributed by atoms with Crippen LogP contribution in [-0.4, -0.2) is 0 Å². The highest BCUT2D eigenvalue weighted by Crippen LogP contribution is 2.44. The van der Waals surface area contributed by atoms with Crippen LogP contribution in [0, 0.1) is 0 Å². The molecule has 0 fully saturated rings. The zero-order chi connectivity index (χ0) is 48.2. The lowest BCUT2D eigenvalue weighted by atomic mass is 9.85. The molecule has 0 bridgehead atoms. The fourth-order valence-electron chi connectivity index (χ4n) is 4.70. The Kier molecular flexibility index (Phi) is 2.05. The molecule has 40 heavy (non-hydrogen) atoms. The van der Waals surface area contributed by atoms with E-state index in [2.05, 4.69) is 0 Å². The van der Waals surface area contributed by atoms with Gasteiger partial charge in [0, 0.05) is 0 Å². The SMILES string of the molecule is [2H]c1cc2c(-c3c([2H])c([2H])c([2H])c(-c4c([2H])c([2H])c([2H])c5c([2H])c([2H])c([2H])c([2H])c45)c3[2H])c3c([2H])c([2H])c([2H])c([2H])c3c(-c3c([2H])c([2H])c4c([2H])c([2H])c([2H])c([2H])c4c3[2H])c2c([2H])c1[2H]. The predicted molar refractivity (Wildman–Crippen MR) is 173 cm³/mol. The average molecular weight is 532 g/mol. The van der Waals surface area contributed by atoms with Crippen LogP contribution in [0.2, 0.25) is 0 Å². The first-order valence-corrected chi connectivity index (χ1v) is 11.8. The van der Waals surface area contributed by atoms with E-state index in [0.717, 1.165) is 6.07 Å². The van der Waals surface area contributed by atoms with Gasteiger partial charge in [0.1, 0.15) is 0 Å². The summed E-state index contributed by atoms with van der Waals surface area (Å²) in [4.78, 5) is 0. The van der Waals surface area contributed by atoms with Crippen LogP contribution < -0.4 is 0 Å². The van der Waals surface area contributed by atoms with E-state index >= 15 is 0 Å². The Morgan fingerprint density at radius 1 is 0.325 bits per heavy atom. The second-order valence-corrected chi connectivity index (χ2v) is 8.58. The molecule has 8 rings (SSSR count). The quantitative estimate of drug-likeness (QED) is 0.199. The zero-order valence-electron chi connectivity index (χ0n) is 45.1. The summed E-state index contributed by atoms with van der Waals surface area (Å²) >= 11 is 0. The molecule has 0 saturated carbocycles. The Hall–Kier alpha value is -5.20. The van der Waals surface area contributed by atoms with Crippen molar-refractivity contribution in [2.75, 3.05) is 0 Å². The summed E-state index contributed by atoms with van der Waals surface area (Å²) in [6.07, 6.45) is 0. The molecule has 0 heteroatoms. The lowest BCUT2D eigenvalue weighted by Crippen LogP contribution is -1.91. The van der Waals surface area contributed by atoms with Crippen molar-refractivity contribution < 1.29 is 34.3 Å². The zero-order valence-corrected chi connectivity index (χ0v) is 20.1. The Morgan fingerprint density at radius 3 is 1.70 bits per heavy atom. The van der Waals surface area contributed by atoms with E-state index < -0.39 is 228 Å². The van der Waals surface area contributed by atoms with Gasteiger partial charge >= 0.3 is 0 Å². The van der Waals surface area contributed by atoms with Gasteiger partial charge < -0.3 is 0 Å². The van der Waals surface area contributed by atoms with Crippen molar-refractivity contribution >= 4 is 43.1 Å². The molecule has 0 spiro atoms. The molecule has 0 aromatic heterocycles. The highest BCUT2D eigenvalue weighted by molar-refractivity contribution is 6.22.